The maximum Gasteiger partial charge on any atom is 0.0190 e. The molecule has 1 saturated carbocycles. The molecule has 0 bridgehead atoms. The molecule has 0 aromatic heterocycles. The van der Waals surface area contributed by atoms with Gasteiger partial charge in [-0.05, 0) is 25.2 Å². The Hall–Kier alpha value is -0.0400. The summed E-state index contributed by atoms with van der Waals surface area (Å²) < 4.78 is 0. The van der Waals surface area contributed by atoms with Crippen molar-refractivity contribution >= 4 is 0 Å². The van der Waals surface area contributed by atoms with Gasteiger partial charge in [0, 0.05) is 11.6 Å². The topological polar surface area (TPSA) is 12.0 Å². The molecule has 1 aliphatic rings. The van der Waals surface area contributed by atoms with Crippen molar-refractivity contribution in [3.8, 4) is 0 Å². The summed E-state index contributed by atoms with van der Waals surface area (Å²) in [5, 5.41) is 3.62. The van der Waals surface area contributed by atoms with Crippen LogP contribution < -0.4 is 5.32 Å². The highest BCUT2D eigenvalue weighted by Crippen LogP contribution is 2.48. The zero-order chi connectivity index (χ0) is 8.65. The maximum atomic E-state index is 3.62. The van der Waals surface area contributed by atoms with Crippen LogP contribution in [0.3, 0.4) is 0 Å². The Labute approximate surface area is 70.6 Å². The maximum absolute atomic E-state index is 3.62. The lowest BCUT2D eigenvalue weighted by Gasteiger charge is -2.18. The van der Waals surface area contributed by atoms with E-state index in [0.29, 0.717) is 11.6 Å². The van der Waals surface area contributed by atoms with E-state index in [-0.39, 0.29) is 0 Å². The minimum Gasteiger partial charge on any atom is -0.309 e. The first kappa shape index (κ1) is 9.05. The summed E-state index contributed by atoms with van der Waals surface area (Å²) in [5.41, 5.74) is 0.461. The fraction of sp³-hybridized carbons (Fsp3) is 1.00. The Morgan fingerprint density at radius 3 is 2.09 bits per heavy atom. The Kier molecular flexibility index (Phi) is 2.29. The summed E-state index contributed by atoms with van der Waals surface area (Å²) in [7, 11) is 0. The summed E-state index contributed by atoms with van der Waals surface area (Å²) in [6, 6.07) is 0.628. The molecule has 1 nitrogen and oxygen atoms in total. The fourth-order valence-corrected chi connectivity index (χ4v) is 2.19. The van der Waals surface area contributed by atoms with Crippen LogP contribution >= 0.6 is 0 Å². The van der Waals surface area contributed by atoms with Crippen LogP contribution in [0.1, 0.15) is 41.0 Å². The van der Waals surface area contributed by atoms with Crippen LogP contribution in [0.25, 0.3) is 0 Å². The lowest BCUT2D eigenvalue weighted by Crippen LogP contribution is -2.36. The van der Waals surface area contributed by atoms with Gasteiger partial charge in [0.25, 0.3) is 0 Å². The first-order chi connectivity index (χ1) is 4.96. The van der Waals surface area contributed by atoms with Crippen molar-refractivity contribution in [1.29, 1.82) is 0 Å². The van der Waals surface area contributed by atoms with Gasteiger partial charge in [-0.3, -0.25) is 0 Å². The first-order valence-electron chi connectivity index (χ1n) is 4.73. The zero-order valence-electron chi connectivity index (χ0n) is 8.44. The second-order valence-electron chi connectivity index (χ2n) is 4.77. The molecule has 11 heavy (non-hydrogen) atoms. The quantitative estimate of drug-likeness (QED) is 0.660. The van der Waals surface area contributed by atoms with E-state index in [1.807, 2.05) is 0 Å². The molecule has 0 saturated heterocycles. The first-order valence-corrected chi connectivity index (χ1v) is 4.73. The van der Waals surface area contributed by atoms with Crippen molar-refractivity contribution in [2.75, 3.05) is 0 Å². The molecule has 0 spiro atoms. The van der Waals surface area contributed by atoms with E-state index in [2.05, 4.69) is 39.9 Å². The van der Waals surface area contributed by atoms with E-state index in [4.69, 9.17) is 0 Å². The Bertz CT molecular complexity index is 140. The Balaban J connectivity index is 2.36. The summed E-state index contributed by atoms with van der Waals surface area (Å²) in [4.78, 5) is 0. The van der Waals surface area contributed by atoms with E-state index < -0.39 is 0 Å². The lowest BCUT2D eigenvalue weighted by molar-refractivity contribution is 0.400. The standard InChI is InChI=1S/C10H21N/c1-7(2)9-6-10(9,5)11-8(3)4/h7-9,11H,6H2,1-5H3. The molecule has 0 radical (unpaired) electrons. The van der Waals surface area contributed by atoms with E-state index in [0.717, 1.165) is 11.8 Å². The van der Waals surface area contributed by atoms with Gasteiger partial charge in [-0.2, -0.15) is 0 Å². The molecular weight excluding hydrogens is 134 g/mol. The van der Waals surface area contributed by atoms with Gasteiger partial charge in [-0.25, -0.2) is 0 Å². The highest BCUT2D eigenvalue weighted by molar-refractivity contribution is 5.08. The van der Waals surface area contributed by atoms with Gasteiger partial charge in [0.15, 0.2) is 0 Å². The van der Waals surface area contributed by atoms with Crippen molar-refractivity contribution in [1.82, 2.24) is 5.32 Å². The molecule has 2 unspecified atom stereocenters. The normalized spacial score (nSPS) is 36.8. The molecule has 0 heterocycles. The molecule has 0 aliphatic heterocycles. The molecule has 1 N–H and O–H groups in total. The lowest BCUT2D eigenvalue weighted by atomic mass is 10.0. The van der Waals surface area contributed by atoms with Crippen molar-refractivity contribution < 1.29 is 0 Å². The SMILES string of the molecule is CC(C)NC1(C)CC1C(C)C. The average Bonchev–Trinajstić information content (AvgIpc) is 2.39. The number of rotatable bonds is 3. The van der Waals surface area contributed by atoms with Gasteiger partial charge in [0.05, 0.1) is 0 Å². The van der Waals surface area contributed by atoms with E-state index in [1.165, 1.54) is 6.42 Å². The highest BCUT2D eigenvalue weighted by atomic mass is 15.1. The summed E-state index contributed by atoms with van der Waals surface area (Å²) in [6.45, 7) is 11.4. The van der Waals surface area contributed by atoms with Crippen LogP contribution in [-0.2, 0) is 0 Å². The highest BCUT2D eigenvalue weighted by Gasteiger charge is 2.51. The number of hydrogen-bond donors (Lipinski definition) is 1. The van der Waals surface area contributed by atoms with Crippen LogP contribution in [0.4, 0.5) is 0 Å². The number of nitrogens with one attached hydrogen (secondary N) is 1. The van der Waals surface area contributed by atoms with Gasteiger partial charge in [0.2, 0.25) is 0 Å². The van der Waals surface area contributed by atoms with Gasteiger partial charge < -0.3 is 5.32 Å². The smallest absolute Gasteiger partial charge is 0.0190 e. The molecule has 0 aromatic carbocycles. The summed E-state index contributed by atoms with van der Waals surface area (Å²) in [6.07, 6.45) is 1.36. The van der Waals surface area contributed by atoms with E-state index >= 15 is 0 Å². The predicted octanol–water partition coefficient (Wildman–Crippen LogP) is 2.42. The predicted molar refractivity (Wildman–Crippen MR) is 49.6 cm³/mol. The molecule has 2 atom stereocenters. The van der Waals surface area contributed by atoms with Crippen LogP contribution in [-0.4, -0.2) is 11.6 Å². The molecular formula is C10H21N. The van der Waals surface area contributed by atoms with E-state index in [9.17, 15) is 0 Å². The molecule has 66 valence electrons. The van der Waals surface area contributed by atoms with Crippen LogP contribution in [0.15, 0.2) is 0 Å². The fourth-order valence-electron chi connectivity index (χ4n) is 2.19. The third-order valence-corrected chi connectivity index (χ3v) is 2.73. The third-order valence-electron chi connectivity index (χ3n) is 2.73. The molecule has 0 aromatic rings. The monoisotopic (exact) mass is 155 g/mol. The Morgan fingerprint density at radius 2 is 1.82 bits per heavy atom. The van der Waals surface area contributed by atoms with Crippen LogP contribution in [0.2, 0.25) is 0 Å². The van der Waals surface area contributed by atoms with Gasteiger partial charge >= 0.3 is 0 Å². The molecule has 1 heteroatoms. The summed E-state index contributed by atoms with van der Waals surface area (Å²) in [5.74, 6) is 1.75. The minimum absolute atomic E-state index is 0.461. The second-order valence-corrected chi connectivity index (χ2v) is 4.77. The summed E-state index contributed by atoms with van der Waals surface area (Å²) >= 11 is 0. The molecule has 1 fully saturated rings. The zero-order valence-corrected chi connectivity index (χ0v) is 8.44. The van der Waals surface area contributed by atoms with E-state index in [1.54, 1.807) is 0 Å². The van der Waals surface area contributed by atoms with Crippen molar-refractivity contribution in [3.05, 3.63) is 0 Å². The largest absolute Gasteiger partial charge is 0.309 e. The molecule has 0 amide bonds. The van der Waals surface area contributed by atoms with Gasteiger partial charge in [-0.1, -0.05) is 27.7 Å². The van der Waals surface area contributed by atoms with Crippen molar-refractivity contribution in [2.45, 2.75) is 52.6 Å². The number of hydrogen-bond acceptors (Lipinski definition) is 1. The molecule has 1 rings (SSSR count). The van der Waals surface area contributed by atoms with Gasteiger partial charge in [0.1, 0.15) is 0 Å². The second kappa shape index (κ2) is 2.78. The van der Waals surface area contributed by atoms with Crippen molar-refractivity contribution in [2.24, 2.45) is 11.8 Å². The van der Waals surface area contributed by atoms with Crippen LogP contribution in [0.5, 0.6) is 0 Å². The average molecular weight is 155 g/mol. The Morgan fingerprint density at radius 1 is 1.27 bits per heavy atom. The minimum atomic E-state index is 0.461. The third kappa shape index (κ3) is 1.96. The van der Waals surface area contributed by atoms with Crippen molar-refractivity contribution in [3.63, 3.8) is 0 Å². The van der Waals surface area contributed by atoms with Crippen LogP contribution in [0, 0.1) is 11.8 Å². The molecule has 1 aliphatic carbocycles. The van der Waals surface area contributed by atoms with Gasteiger partial charge in [-0.15, -0.1) is 0 Å².